The largest absolute Gasteiger partial charge is 0.462 e. The van der Waals surface area contributed by atoms with Crippen molar-refractivity contribution in [2.45, 2.75) is 26.2 Å². The van der Waals surface area contributed by atoms with Gasteiger partial charge in [0.25, 0.3) is 0 Å². The second-order valence-electron chi connectivity index (χ2n) is 4.06. The normalized spacial score (nSPS) is 9.89. The van der Waals surface area contributed by atoms with Gasteiger partial charge < -0.3 is 10.1 Å². The minimum Gasteiger partial charge on any atom is -0.462 e. The van der Waals surface area contributed by atoms with Crippen LogP contribution in [0.15, 0.2) is 24.3 Å². The van der Waals surface area contributed by atoms with E-state index in [1.54, 1.807) is 0 Å². The lowest BCUT2D eigenvalue weighted by Gasteiger charge is -2.05. The molecule has 0 saturated heterocycles. The van der Waals surface area contributed by atoms with Crippen molar-refractivity contribution in [1.29, 1.82) is 0 Å². The third-order valence-corrected chi connectivity index (χ3v) is 2.63. The van der Waals surface area contributed by atoms with Gasteiger partial charge in [-0.15, -0.1) is 0 Å². The van der Waals surface area contributed by atoms with Crippen LogP contribution in [0.3, 0.4) is 0 Å². The fourth-order valence-electron chi connectivity index (χ4n) is 1.65. The molecule has 1 aromatic carbocycles. The second kappa shape index (κ2) is 7.48. The molecule has 0 unspecified atom stereocenters. The molecule has 0 heterocycles. The number of rotatable bonds is 5. The van der Waals surface area contributed by atoms with E-state index in [2.05, 4.69) is 41.2 Å². The molecule has 98 valence electrons. The number of carbonyl (C=O) groups is 2. The fourth-order valence-corrected chi connectivity index (χ4v) is 1.65. The molecule has 0 atom stereocenters. The molecule has 18 heavy (non-hydrogen) atoms. The van der Waals surface area contributed by atoms with Crippen LogP contribution in [0.2, 0.25) is 0 Å². The molecule has 0 aromatic heterocycles. The van der Waals surface area contributed by atoms with Gasteiger partial charge in [0, 0.05) is 6.54 Å². The van der Waals surface area contributed by atoms with Crippen molar-refractivity contribution in [2.24, 2.45) is 0 Å². The number of carbonyl (C=O) groups excluding carboxylic acids is 2. The summed E-state index contributed by atoms with van der Waals surface area (Å²) in [6.07, 6.45) is 2.92. The highest BCUT2D eigenvalue weighted by atomic mass is 16.5. The van der Waals surface area contributed by atoms with Crippen molar-refractivity contribution < 1.29 is 14.3 Å². The van der Waals surface area contributed by atoms with E-state index in [0.717, 1.165) is 18.4 Å². The fraction of sp³-hybridized carbons (Fsp3) is 0.429. The molecule has 0 fully saturated rings. The van der Waals surface area contributed by atoms with Gasteiger partial charge in [-0.3, -0.25) is 4.79 Å². The van der Waals surface area contributed by atoms with Crippen LogP contribution in [-0.4, -0.2) is 25.5 Å². The lowest BCUT2D eigenvalue weighted by Crippen LogP contribution is -2.33. The van der Waals surface area contributed by atoms with Crippen molar-refractivity contribution in [3.05, 3.63) is 35.4 Å². The van der Waals surface area contributed by atoms with Gasteiger partial charge in [-0.2, -0.15) is 0 Å². The average Bonchev–Trinajstić information content (AvgIpc) is 2.40. The predicted octanol–water partition coefficient (Wildman–Crippen LogP) is 1.47. The highest BCUT2D eigenvalue weighted by Crippen LogP contribution is 2.06. The zero-order valence-electron chi connectivity index (χ0n) is 10.9. The van der Waals surface area contributed by atoms with Gasteiger partial charge in [0.1, 0.15) is 0 Å². The Morgan fingerprint density at radius 2 is 1.67 bits per heavy atom. The van der Waals surface area contributed by atoms with Crippen molar-refractivity contribution >= 4 is 11.9 Å². The molecule has 0 aliphatic carbocycles. The van der Waals surface area contributed by atoms with Crippen LogP contribution in [0.1, 0.15) is 24.5 Å². The number of aryl methyl sites for hydroxylation is 1. The minimum atomic E-state index is -0.853. The summed E-state index contributed by atoms with van der Waals surface area (Å²) in [6, 6.07) is 8.30. The zero-order chi connectivity index (χ0) is 13.4. The first-order valence-electron chi connectivity index (χ1n) is 6.11. The van der Waals surface area contributed by atoms with E-state index < -0.39 is 11.9 Å². The van der Waals surface area contributed by atoms with Crippen molar-refractivity contribution in [1.82, 2.24) is 5.32 Å². The van der Waals surface area contributed by atoms with Gasteiger partial charge in [0.2, 0.25) is 0 Å². The van der Waals surface area contributed by atoms with Gasteiger partial charge in [-0.25, -0.2) is 4.79 Å². The number of nitrogens with one attached hydrogen (secondary N) is 1. The Labute approximate surface area is 107 Å². The van der Waals surface area contributed by atoms with E-state index >= 15 is 0 Å². The summed E-state index contributed by atoms with van der Waals surface area (Å²) in [5.41, 5.74) is 2.46. The van der Waals surface area contributed by atoms with E-state index in [4.69, 9.17) is 0 Å². The van der Waals surface area contributed by atoms with Crippen LogP contribution in [0.4, 0.5) is 0 Å². The molecule has 0 aliphatic rings. The number of methoxy groups -OCH3 is 1. The first kappa shape index (κ1) is 14.2. The molecule has 0 aliphatic heterocycles. The summed E-state index contributed by atoms with van der Waals surface area (Å²) in [5, 5.41) is 2.51. The van der Waals surface area contributed by atoms with Crippen LogP contribution in [0.25, 0.3) is 0 Å². The van der Waals surface area contributed by atoms with Crippen molar-refractivity contribution in [3.63, 3.8) is 0 Å². The second-order valence-corrected chi connectivity index (χ2v) is 4.06. The van der Waals surface area contributed by atoms with Crippen LogP contribution < -0.4 is 5.32 Å². The third kappa shape index (κ3) is 4.57. The molecular weight excluding hydrogens is 230 g/mol. The Balaban J connectivity index is 2.35. The van der Waals surface area contributed by atoms with E-state index in [-0.39, 0.29) is 0 Å². The van der Waals surface area contributed by atoms with Gasteiger partial charge in [0.15, 0.2) is 0 Å². The monoisotopic (exact) mass is 249 g/mol. The molecule has 0 bridgehead atoms. The Morgan fingerprint density at radius 1 is 1.11 bits per heavy atom. The number of hydrogen-bond acceptors (Lipinski definition) is 3. The zero-order valence-corrected chi connectivity index (χ0v) is 10.9. The summed E-state index contributed by atoms with van der Waals surface area (Å²) in [7, 11) is 1.19. The number of hydrogen-bond donors (Lipinski definition) is 1. The molecule has 4 heteroatoms. The predicted molar refractivity (Wildman–Crippen MR) is 69.2 cm³/mol. The van der Waals surface area contributed by atoms with Crippen LogP contribution in [0, 0.1) is 0 Å². The Kier molecular flexibility index (Phi) is 5.91. The average molecular weight is 249 g/mol. The number of ether oxygens (including phenoxy) is 1. The van der Waals surface area contributed by atoms with Crippen LogP contribution in [-0.2, 0) is 27.2 Å². The number of benzene rings is 1. The van der Waals surface area contributed by atoms with Gasteiger partial charge in [0.05, 0.1) is 7.11 Å². The maximum absolute atomic E-state index is 11.1. The van der Waals surface area contributed by atoms with Gasteiger partial charge in [-0.1, -0.05) is 37.6 Å². The number of amides is 1. The lowest BCUT2D eigenvalue weighted by molar-refractivity contribution is -0.152. The van der Waals surface area contributed by atoms with Crippen LogP contribution in [0.5, 0.6) is 0 Å². The molecule has 1 amide bonds. The number of esters is 1. The molecule has 4 nitrogen and oxygen atoms in total. The molecule has 0 saturated carbocycles. The van der Waals surface area contributed by atoms with E-state index in [0.29, 0.717) is 13.0 Å². The Hall–Kier alpha value is -1.84. The topological polar surface area (TPSA) is 55.4 Å². The van der Waals surface area contributed by atoms with Gasteiger partial charge >= 0.3 is 11.9 Å². The standard InChI is InChI=1S/C14H19NO3/c1-3-4-11-5-7-12(8-6-11)9-10-15-13(16)14(17)18-2/h5-8H,3-4,9-10H2,1-2H3,(H,15,16). The SMILES string of the molecule is CCCc1ccc(CCNC(=O)C(=O)OC)cc1. The molecule has 1 aromatic rings. The molecule has 1 N–H and O–H groups in total. The third-order valence-electron chi connectivity index (χ3n) is 2.63. The first-order chi connectivity index (χ1) is 8.67. The Bertz CT molecular complexity index is 398. The smallest absolute Gasteiger partial charge is 0.396 e. The first-order valence-corrected chi connectivity index (χ1v) is 6.11. The molecule has 0 radical (unpaired) electrons. The van der Waals surface area contributed by atoms with E-state index in [1.807, 2.05) is 0 Å². The molecule has 0 spiro atoms. The summed E-state index contributed by atoms with van der Waals surface area (Å²) >= 11 is 0. The van der Waals surface area contributed by atoms with E-state index in [1.165, 1.54) is 12.7 Å². The minimum absolute atomic E-state index is 0.432. The molecule has 1 rings (SSSR count). The highest BCUT2D eigenvalue weighted by Gasteiger charge is 2.11. The van der Waals surface area contributed by atoms with Crippen LogP contribution >= 0.6 is 0 Å². The summed E-state index contributed by atoms with van der Waals surface area (Å²) in [6.45, 7) is 2.58. The molecular formula is C14H19NO3. The van der Waals surface area contributed by atoms with Gasteiger partial charge in [-0.05, 0) is 24.0 Å². The summed E-state index contributed by atoms with van der Waals surface area (Å²) in [4.78, 5) is 22.0. The van der Waals surface area contributed by atoms with Crippen molar-refractivity contribution in [2.75, 3.05) is 13.7 Å². The van der Waals surface area contributed by atoms with E-state index in [9.17, 15) is 9.59 Å². The lowest BCUT2D eigenvalue weighted by atomic mass is 10.1. The quantitative estimate of drug-likeness (QED) is 0.635. The highest BCUT2D eigenvalue weighted by molar-refractivity contribution is 6.32. The van der Waals surface area contributed by atoms with Crippen molar-refractivity contribution in [3.8, 4) is 0 Å². The summed E-state index contributed by atoms with van der Waals surface area (Å²) < 4.78 is 4.31. The summed E-state index contributed by atoms with van der Waals surface area (Å²) in [5.74, 6) is -1.55. The Morgan fingerprint density at radius 3 is 2.17 bits per heavy atom. The maximum Gasteiger partial charge on any atom is 0.396 e. The maximum atomic E-state index is 11.1.